The molecule has 0 radical (unpaired) electrons. The molecule has 0 bridgehead atoms. The number of hydrogen-bond acceptors (Lipinski definition) is 1. The fourth-order valence-electron chi connectivity index (χ4n) is 1.23. The van der Waals surface area contributed by atoms with Crippen LogP contribution in [0.3, 0.4) is 0 Å². The van der Waals surface area contributed by atoms with Crippen molar-refractivity contribution in [3.8, 4) is 0 Å². The molecule has 0 saturated carbocycles. The largest absolute Gasteiger partial charge is 0.313 e. The Kier molecular flexibility index (Phi) is 4.87. The van der Waals surface area contributed by atoms with Gasteiger partial charge in [-0.3, -0.25) is 0 Å². The van der Waals surface area contributed by atoms with Crippen molar-refractivity contribution in [1.29, 1.82) is 0 Å². The predicted octanol–water partition coefficient (Wildman–Crippen LogP) is 2.93. The molecule has 72 valence electrons. The Labute approximate surface area is 85.1 Å². The van der Waals surface area contributed by atoms with Gasteiger partial charge in [-0.1, -0.05) is 31.2 Å². The fraction of sp³-hybridized carbons (Fsp3) is 0.455. The number of alkyl halides is 1. The molecule has 0 unspecified atom stereocenters. The van der Waals surface area contributed by atoms with E-state index in [0.29, 0.717) is 5.88 Å². The molecule has 0 spiro atoms. The van der Waals surface area contributed by atoms with Gasteiger partial charge in [-0.05, 0) is 24.1 Å². The van der Waals surface area contributed by atoms with Gasteiger partial charge < -0.3 is 5.32 Å². The van der Waals surface area contributed by atoms with E-state index in [1.807, 2.05) is 0 Å². The lowest BCUT2D eigenvalue weighted by Crippen LogP contribution is -2.13. The Balaban J connectivity index is 2.46. The molecule has 1 aromatic rings. The molecule has 1 aromatic carbocycles. The second kappa shape index (κ2) is 6.01. The highest BCUT2D eigenvalue weighted by atomic mass is 35.5. The molecule has 1 rings (SSSR count). The van der Waals surface area contributed by atoms with Crippen molar-refractivity contribution in [2.45, 2.75) is 25.8 Å². The van der Waals surface area contributed by atoms with Gasteiger partial charge in [-0.15, -0.1) is 11.6 Å². The van der Waals surface area contributed by atoms with E-state index >= 15 is 0 Å². The minimum absolute atomic E-state index is 0.599. The summed E-state index contributed by atoms with van der Waals surface area (Å²) in [6.45, 7) is 4.19. The van der Waals surface area contributed by atoms with Crippen LogP contribution >= 0.6 is 11.6 Å². The highest BCUT2D eigenvalue weighted by Crippen LogP contribution is 2.07. The van der Waals surface area contributed by atoms with Gasteiger partial charge in [0.15, 0.2) is 0 Å². The lowest BCUT2D eigenvalue weighted by molar-refractivity contribution is 0.675. The molecule has 0 aromatic heterocycles. The molecule has 1 nitrogen and oxygen atoms in total. The van der Waals surface area contributed by atoms with Crippen LogP contribution in [0.1, 0.15) is 24.5 Å². The van der Waals surface area contributed by atoms with Crippen LogP contribution in [0.15, 0.2) is 24.3 Å². The number of hydrogen-bond donors (Lipinski definition) is 1. The maximum atomic E-state index is 5.74. The summed E-state index contributed by atoms with van der Waals surface area (Å²) in [5, 5.41) is 3.36. The third kappa shape index (κ3) is 3.79. The Morgan fingerprint density at radius 1 is 1.31 bits per heavy atom. The van der Waals surface area contributed by atoms with Crippen LogP contribution in [0.4, 0.5) is 0 Å². The molecule has 0 atom stereocenters. The maximum Gasteiger partial charge on any atom is 0.0474 e. The summed E-state index contributed by atoms with van der Waals surface area (Å²) in [6.07, 6.45) is 1.18. The Morgan fingerprint density at radius 3 is 2.77 bits per heavy atom. The number of nitrogens with one attached hydrogen (secondary N) is 1. The molecule has 0 heterocycles. The van der Waals surface area contributed by atoms with Crippen molar-refractivity contribution >= 4 is 11.6 Å². The minimum atomic E-state index is 0.599. The first-order valence-electron chi connectivity index (χ1n) is 4.71. The SMILES string of the molecule is CCCNCc1cccc(CCl)c1. The lowest BCUT2D eigenvalue weighted by Gasteiger charge is -2.04. The van der Waals surface area contributed by atoms with Gasteiger partial charge in [0, 0.05) is 12.4 Å². The first-order valence-corrected chi connectivity index (χ1v) is 5.24. The first-order chi connectivity index (χ1) is 6.36. The normalized spacial score (nSPS) is 10.3. The van der Waals surface area contributed by atoms with Crippen molar-refractivity contribution < 1.29 is 0 Å². The van der Waals surface area contributed by atoms with Gasteiger partial charge in [-0.2, -0.15) is 0 Å². The summed E-state index contributed by atoms with van der Waals surface area (Å²) >= 11 is 5.74. The second-order valence-corrected chi connectivity index (χ2v) is 3.40. The molecule has 2 heteroatoms. The Hall–Kier alpha value is -0.530. The molecule has 0 saturated heterocycles. The second-order valence-electron chi connectivity index (χ2n) is 3.13. The van der Waals surface area contributed by atoms with Gasteiger partial charge in [-0.25, -0.2) is 0 Å². The average molecular weight is 198 g/mol. The third-order valence-electron chi connectivity index (χ3n) is 1.90. The summed E-state index contributed by atoms with van der Waals surface area (Å²) < 4.78 is 0. The molecule has 0 fully saturated rings. The molecular formula is C11H16ClN. The van der Waals surface area contributed by atoms with E-state index in [0.717, 1.165) is 13.1 Å². The summed E-state index contributed by atoms with van der Waals surface area (Å²) in [7, 11) is 0. The monoisotopic (exact) mass is 197 g/mol. The highest BCUT2D eigenvalue weighted by molar-refractivity contribution is 6.17. The van der Waals surface area contributed by atoms with Crippen LogP contribution in [0.5, 0.6) is 0 Å². The van der Waals surface area contributed by atoms with Crippen LogP contribution in [-0.4, -0.2) is 6.54 Å². The molecule has 0 aliphatic rings. The average Bonchev–Trinajstić information content (AvgIpc) is 2.19. The van der Waals surface area contributed by atoms with E-state index in [2.05, 4.69) is 36.5 Å². The van der Waals surface area contributed by atoms with Gasteiger partial charge in [0.25, 0.3) is 0 Å². The van der Waals surface area contributed by atoms with E-state index < -0.39 is 0 Å². The molecule has 1 N–H and O–H groups in total. The minimum Gasteiger partial charge on any atom is -0.313 e. The zero-order valence-electron chi connectivity index (χ0n) is 8.02. The quantitative estimate of drug-likeness (QED) is 0.566. The van der Waals surface area contributed by atoms with E-state index in [4.69, 9.17) is 11.6 Å². The first kappa shape index (κ1) is 10.6. The number of benzene rings is 1. The Morgan fingerprint density at radius 2 is 2.08 bits per heavy atom. The van der Waals surface area contributed by atoms with E-state index in [9.17, 15) is 0 Å². The van der Waals surface area contributed by atoms with Crippen molar-refractivity contribution in [3.05, 3.63) is 35.4 Å². The summed E-state index contributed by atoms with van der Waals surface area (Å²) in [5.74, 6) is 0.599. The summed E-state index contributed by atoms with van der Waals surface area (Å²) in [4.78, 5) is 0. The van der Waals surface area contributed by atoms with E-state index in [1.54, 1.807) is 0 Å². The highest BCUT2D eigenvalue weighted by Gasteiger charge is 1.93. The standard InChI is InChI=1S/C11H16ClN/c1-2-6-13-9-11-5-3-4-10(7-11)8-12/h3-5,7,13H,2,6,8-9H2,1H3. The molecule has 13 heavy (non-hydrogen) atoms. The lowest BCUT2D eigenvalue weighted by atomic mass is 10.1. The molecular weight excluding hydrogens is 182 g/mol. The van der Waals surface area contributed by atoms with E-state index in [-0.39, 0.29) is 0 Å². The van der Waals surface area contributed by atoms with Crippen LogP contribution in [0, 0.1) is 0 Å². The number of halogens is 1. The zero-order valence-corrected chi connectivity index (χ0v) is 8.77. The van der Waals surface area contributed by atoms with Gasteiger partial charge in [0.2, 0.25) is 0 Å². The smallest absolute Gasteiger partial charge is 0.0474 e. The van der Waals surface area contributed by atoms with Crippen molar-refractivity contribution in [1.82, 2.24) is 5.32 Å². The zero-order chi connectivity index (χ0) is 9.52. The summed E-state index contributed by atoms with van der Waals surface area (Å²) in [5.41, 5.74) is 2.50. The predicted molar refractivity (Wildman–Crippen MR) is 58.0 cm³/mol. The van der Waals surface area contributed by atoms with Gasteiger partial charge in [0.1, 0.15) is 0 Å². The van der Waals surface area contributed by atoms with Gasteiger partial charge in [0.05, 0.1) is 0 Å². The van der Waals surface area contributed by atoms with Gasteiger partial charge >= 0.3 is 0 Å². The third-order valence-corrected chi connectivity index (χ3v) is 2.21. The molecule has 0 aliphatic carbocycles. The molecule has 0 aliphatic heterocycles. The molecule has 0 amide bonds. The number of rotatable bonds is 5. The maximum absolute atomic E-state index is 5.74. The Bertz CT molecular complexity index is 248. The van der Waals surface area contributed by atoms with Crippen molar-refractivity contribution in [2.24, 2.45) is 0 Å². The van der Waals surface area contributed by atoms with E-state index in [1.165, 1.54) is 17.5 Å². The van der Waals surface area contributed by atoms with Crippen LogP contribution in [0.25, 0.3) is 0 Å². The summed E-state index contributed by atoms with van der Waals surface area (Å²) in [6, 6.07) is 8.38. The fourth-order valence-corrected chi connectivity index (χ4v) is 1.40. The van der Waals surface area contributed by atoms with Crippen LogP contribution < -0.4 is 5.32 Å². The van der Waals surface area contributed by atoms with Crippen molar-refractivity contribution in [3.63, 3.8) is 0 Å². The van der Waals surface area contributed by atoms with Crippen molar-refractivity contribution in [2.75, 3.05) is 6.54 Å². The van der Waals surface area contributed by atoms with Crippen LogP contribution in [0.2, 0.25) is 0 Å². The topological polar surface area (TPSA) is 12.0 Å². The van der Waals surface area contributed by atoms with Crippen LogP contribution in [-0.2, 0) is 12.4 Å².